The van der Waals surface area contributed by atoms with Gasteiger partial charge < -0.3 is 19.3 Å². The van der Waals surface area contributed by atoms with E-state index in [4.69, 9.17) is 4.74 Å². The summed E-state index contributed by atoms with van der Waals surface area (Å²) in [7, 11) is 1.62. The van der Waals surface area contributed by atoms with E-state index in [-0.39, 0.29) is 11.9 Å². The first-order chi connectivity index (χ1) is 14.1. The summed E-state index contributed by atoms with van der Waals surface area (Å²) >= 11 is 0. The van der Waals surface area contributed by atoms with E-state index in [0.717, 1.165) is 66.9 Å². The number of aliphatic hydroxyl groups excluding tert-OH is 1. The predicted molar refractivity (Wildman–Crippen MR) is 115 cm³/mol. The van der Waals surface area contributed by atoms with Crippen LogP contribution in [0.1, 0.15) is 34.5 Å². The first-order valence-electron chi connectivity index (χ1n) is 10.3. The van der Waals surface area contributed by atoms with E-state index in [1.807, 2.05) is 49.4 Å². The second kappa shape index (κ2) is 8.39. The molecule has 3 aromatic rings. The number of ketones is 1. The molecule has 2 heterocycles. The van der Waals surface area contributed by atoms with Gasteiger partial charge in [0, 0.05) is 48.3 Å². The Labute approximate surface area is 171 Å². The maximum Gasteiger partial charge on any atom is 0.195 e. The van der Waals surface area contributed by atoms with Crippen molar-refractivity contribution in [1.82, 2.24) is 9.47 Å². The third kappa shape index (κ3) is 3.93. The molecule has 0 aliphatic carbocycles. The molecule has 1 aliphatic rings. The lowest BCUT2D eigenvalue weighted by Gasteiger charge is -2.29. The normalized spacial score (nSPS) is 15.7. The number of carbonyl (C=O) groups is 1. The number of methoxy groups -OCH3 is 1. The molecular formula is C24H28N2O3. The fraction of sp³-hybridized carbons (Fsp3) is 0.375. The minimum absolute atomic E-state index is 0.0428. The van der Waals surface area contributed by atoms with Crippen molar-refractivity contribution < 1.29 is 14.6 Å². The standard InChI is InChI=1S/C24H28N2O3/c1-17-23(24(28)18-7-9-20(29-2)10-8-18)21-5-3-4-6-22(21)26(17)16-15-25-13-11-19(27)12-14-25/h3-10,19,27H,11-16H2,1-2H3. The number of nitrogens with zero attached hydrogens (tertiary/aromatic N) is 2. The molecule has 0 radical (unpaired) electrons. The Morgan fingerprint density at radius 3 is 2.45 bits per heavy atom. The Morgan fingerprint density at radius 1 is 1.07 bits per heavy atom. The van der Waals surface area contributed by atoms with Crippen molar-refractivity contribution in [3.05, 3.63) is 65.4 Å². The topological polar surface area (TPSA) is 54.7 Å². The Hall–Kier alpha value is -2.63. The molecule has 29 heavy (non-hydrogen) atoms. The van der Waals surface area contributed by atoms with Gasteiger partial charge >= 0.3 is 0 Å². The average molecular weight is 392 g/mol. The fourth-order valence-corrected chi connectivity index (χ4v) is 4.28. The Bertz CT molecular complexity index is 999. The number of aromatic nitrogens is 1. The van der Waals surface area contributed by atoms with Gasteiger partial charge in [0.1, 0.15) is 5.75 Å². The van der Waals surface area contributed by atoms with Gasteiger partial charge in [-0.25, -0.2) is 0 Å². The first-order valence-corrected chi connectivity index (χ1v) is 10.3. The monoisotopic (exact) mass is 392 g/mol. The highest BCUT2D eigenvalue weighted by Gasteiger charge is 2.22. The highest BCUT2D eigenvalue weighted by atomic mass is 16.5. The van der Waals surface area contributed by atoms with Gasteiger partial charge in [-0.05, 0) is 50.1 Å². The van der Waals surface area contributed by atoms with Crippen LogP contribution >= 0.6 is 0 Å². The maximum atomic E-state index is 13.3. The van der Waals surface area contributed by atoms with Crippen molar-refractivity contribution in [2.24, 2.45) is 0 Å². The van der Waals surface area contributed by atoms with Gasteiger partial charge in [0.25, 0.3) is 0 Å². The van der Waals surface area contributed by atoms with E-state index < -0.39 is 0 Å². The summed E-state index contributed by atoms with van der Waals surface area (Å²) in [5.41, 5.74) is 3.55. The molecule has 0 spiro atoms. The van der Waals surface area contributed by atoms with Gasteiger partial charge in [0.05, 0.1) is 18.8 Å². The van der Waals surface area contributed by atoms with Gasteiger partial charge in [-0.15, -0.1) is 0 Å². The van der Waals surface area contributed by atoms with Crippen LogP contribution in [0.2, 0.25) is 0 Å². The van der Waals surface area contributed by atoms with E-state index in [9.17, 15) is 9.90 Å². The molecular weight excluding hydrogens is 364 g/mol. The number of aliphatic hydroxyl groups is 1. The molecule has 0 saturated carbocycles. The number of benzene rings is 2. The summed E-state index contributed by atoms with van der Waals surface area (Å²) in [6, 6.07) is 15.4. The van der Waals surface area contributed by atoms with Crippen molar-refractivity contribution in [2.45, 2.75) is 32.4 Å². The van der Waals surface area contributed by atoms with Crippen molar-refractivity contribution in [2.75, 3.05) is 26.7 Å². The molecule has 0 amide bonds. The fourth-order valence-electron chi connectivity index (χ4n) is 4.28. The third-order valence-corrected chi connectivity index (χ3v) is 6.01. The van der Waals surface area contributed by atoms with E-state index in [0.29, 0.717) is 5.56 Å². The molecule has 1 N–H and O–H groups in total. The minimum atomic E-state index is -0.158. The lowest BCUT2D eigenvalue weighted by Crippen LogP contribution is -2.37. The Kier molecular flexibility index (Phi) is 5.69. The van der Waals surface area contributed by atoms with E-state index in [2.05, 4.69) is 15.5 Å². The van der Waals surface area contributed by atoms with Crippen LogP contribution < -0.4 is 4.74 Å². The number of carbonyl (C=O) groups excluding carboxylic acids is 1. The Morgan fingerprint density at radius 2 is 1.76 bits per heavy atom. The largest absolute Gasteiger partial charge is 0.497 e. The van der Waals surface area contributed by atoms with E-state index >= 15 is 0 Å². The van der Waals surface area contributed by atoms with Crippen LogP contribution in [-0.4, -0.2) is 53.2 Å². The van der Waals surface area contributed by atoms with Gasteiger partial charge in [-0.2, -0.15) is 0 Å². The molecule has 1 saturated heterocycles. The number of para-hydroxylation sites is 1. The molecule has 2 aromatic carbocycles. The molecule has 1 aliphatic heterocycles. The van der Waals surface area contributed by atoms with Crippen LogP contribution in [-0.2, 0) is 6.54 Å². The minimum Gasteiger partial charge on any atom is -0.497 e. The van der Waals surface area contributed by atoms with E-state index in [1.54, 1.807) is 7.11 Å². The van der Waals surface area contributed by atoms with Gasteiger partial charge in [-0.1, -0.05) is 18.2 Å². The van der Waals surface area contributed by atoms with Crippen molar-refractivity contribution in [3.63, 3.8) is 0 Å². The van der Waals surface area contributed by atoms with Crippen LogP contribution in [0.5, 0.6) is 5.75 Å². The van der Waals surface area contributed by atoms with Crippen LogP contribution in [0.25, 0.3) is 10.9 Å². The number of ether oxygens (including phenoxy) is 1. The number of hydrogen-bond donors (Lipinski definition) is 1. The zero-order valence-corrected chi connectivity index (χ0v) is 17.1. The summed E-state index contributed by atoms with van der Waals surface area (Å²) in [4.78, 5) is 15.7. The van der Waals surface area contributed by atoms with Gasteiger partial charge in [-0.3, -0.25) is 4.79 Å². The SMILES string of the molecule is COc1ccc(C(=O)c2c(C)n(CCN3CCC(O)CC3)c3ccccc23)cc1. The molecule has 152 valence electrons. The van der Waals surface area contributed by atoms with Crippen LogP contribution in [0.3, 0.4) is 0 Å². The molecule has 0 bridgehead atoms. The summed E-state index contributed by atoms with van der Waals surface area (Å²) in [5.74, 6) is 0.786. The number of hydrogen-bond acceptors (Lipinski definition) is 4. The highest BCUT2D eigenvalue weighted by molar-refractivity contribution is 6.17. The highest BCUT2D eigenvalue weighted by Crippen LogP contribution is 2.29. The molecule has 1 fully saturated rings. The lowest BCUT2D eigenvalue weighted by atomic mass is 10.0. The van der Waals surface area contributed by atoms with Crippen molar-refractivity contribution in [3.8, 4) is 5.75 Å². The average Bonchev–Trinajstić information content (AvgIpc) is 3.04. The summed E-state index contributed by atoms with van der Waals surface area (Å²) in [5, 5.41) is 10.7. The van der Waals surface area contributed by atoms with Crippen LogP contribution in [0, 0.1) is 6.92 Å². The molecule has 0 atom stereocenters. The second-order valence-corrected chi connectivity index (χ2v) is 7.76. The summed E-state index contributed by atoms with van der Waals surface area (Å²) < 4.78 is 7.47. The van der Waals surface area contributed by atoms with Crippen molar-refractivity contribution >= 4 is 16.7 Å². The molecule has 5 heteroatoms. The van der Waals surface area contributed by atoms with Crippen molar-refractivity contribution in [1.29, 1.82) is 0 Å². The summed E-state index contributed by atoms with van der Waals surface area (Å²) in [6.07, 6.45) is 1.52. The molecule has 0 unspecified atom stereocenters. The molecule has 4 rings (SSSR count). The van der Waals surface area contributed by atoms with Gasteiger partial charge in [0.15, 0.2) is 5.78 Å². The Balaban J connectivity index is 1.64. The number of piperidine rings is 1. The predicted octanol–water partition coefficient (Wildman–Crippen LogP) is 3.65. The smallest absolute Gasteiger partial charge is 0.195 e. The van der Waals surface area contributed by atoms with Crippen LogP contribution in [0.4, 0.5) is 0 Å². The zero-order valence-electron chi connectivity index (χ0n) is 17.1. The zero-order chi connectivity index (χ0) is 20.4. The number of likely N-dealkylation sites (tertiary alicyclic amines) is 1. The van der Waals surface area contributed by atoms with Gasteiger partial charge in [0.2, 0.25) is 0 Å². The number of fused-ring (bicyclic) bond motifs is 1. The lowest BCUT2D eigenvalue weighted by molar-refractivity contribution is 0.0810. The maximum absolute atomic E-state index is 13.3. The molecule has 5 nitrogen and oxygen atoms in total. The second-order valence-electron chi connectivity index (χ2n) is 7.76. The van der Waals surface area contributed by atoms with Crippen LogP contribution in [0.15, 0.2) is 48.5 Å². The number of rotatable bonds is 6. The van der Waals surface area contributed by atoms with E-state index in [1.165, 1.54) is 0 Å². The third-order valence-electron chi connectivity index (χ3n) is 6.01. The first kappa shape index (κ1) is 19.7. The molecule has 1 aromatic heterocycles. The summed E-state index contributed by atoms with van der Waals surface area (Å²) in [6.45, 7) is 5.64. The quantitative estimate of drug-likeness (QED) is 0.651.